The van der Waals surface area contributed by atoms with Gasteiger partial charge in [-0.1, -0.05) is 48.0 Å². The van der Waals surface area contributed by atoms with Crippen LogP contribution in [-0.4, -0.2) is 24.7 Å². The van der Waals surface area contributed by atoms with Crippen molar-refractivity contribution in [3.05, 3.63) is 70.2 Å². The van der Waals surface area contributed by atoms with Crippen LogP contribution in [0.4, 0.5) is 0 Å². The van der Waals surface area contributed by atoms with E-state index in [0.717, 1.165) is 18.5 Å². The predicted molar refractivity (Wildman–Crippen MR) is 96.8 cm³/mol. The first-order valence-corrected chi connectivity index (χ1v) is 8.35. The second-order valence-corrected chi connectivity index (χ2v) is 6.37. The highest BCUT2D eigenvalue weighted by Gasteiger charge is 2.10. The summed E-state index contributed by atoms with van der Waals surface area (Å²) >= 11 is 5.96. The second kappa shape index (κ2) is 9.04. The maximum absolute atomic E-state index is 10.2. The van der Waals surface area contributed by atoms with E-state index in [0.29, 0.717) is 17.6 Å². The normalized spacial score (nSPS) is 13.7. The molecule has 0 saturated heterocycles. The zero-order chi connectivity index (χ0) is 16.7. The molecular formula is C19H25ClN2O. The molecule has 0 spiro atoms. The van der Waals surface area contributed by atoms with Crippen LogP contribution in [0.15, 0.2) is 48.5 Å². The molecule has 2 aromatic rings. The Morgan fingerprint density at radius 1 is 1.09 bits per heavy atom. The summed E-state index contributed by atoms with van der Waals surface area (Å²) in [4.78, 5) is 0. The molecule has 0 radical (unpaired) electrons. The van der Waals surface area contributed by atoms with Gasteiger partial charge >= 0.3 is 0 Å². The first-order chi connectivity index (χ1) is 11.1. The van der Waals surface area contributed by atoms with Crippen LogP contribution in [0.3, 0.4) is 0 Å². The van der Waals surface area contributed by atoms with Crippen LogP contribution >= 0.6 is 11.6 Å². The standard InChI is InChI=1S/C19H25ClN2O/c1-14(10-15-6-8-16(9-7-15)12-21-2)22-13-19(23)17-4-3-5-18(20)11-17/h3-9,11,14,19,21-23H,10,12-13H2,1-2H3. The Morgan fingerprint density at radius 2 is 1.78 bits per heavy atom. The van der Waals surface area contributed by atoms with Crippen LogP contribution in [0.25, 0.3) is 0 Å². The minimum Gasteiger partial charge on any atom is -0.387 e. The van der Waals surface area contributed by atoms with Crippen molar-refractivity contribution in [1.29, 1.82) is 0 Å². The van der Waals surface area contributed by atoms with Gasteiger partial charge in [0.2, 0.25) is 0 Å². The fourth-order valence-electron chi connectivity index (χ4n) is 2.57. The highest BCUT2D eigenvalue weighted by Crippen LogP contribution is 2.17. The van der Waals surface area contributed by atoms with Crippen LogP contribution in [0, 0.1) is 0 Å². The summed E-state index contributed by atoms with van der Waals surface area (Å²) in [5.41, 5.74) is 3.42. The minimum atomic E-state index is -0.547. The highest BCUT2D eigenvalue weighted by molar-refractivity contribution is 6.30. The van der Waals surface area contributed by atoms with Crippen molar-refractivity contribution in [2.75, 3.05) is 13.6 Å². The molecule has 2 atom stereocenters. The lowest BCUT2D eigenvalue weighted by atomic mass is 10.0. The van der Waals surface area contributed by atoms with Crippen molar-refractivity contribution in [2.45, 2.75) is 32.0 Å². The molecule has 124 valence electrons. The van der Waals surface area contributed by atoms with E-state index in [4.69, 9.17) is 11.6 Å². The monoisotopic (exact) mass is 332 g/mol. The van der Waals surface area contributed by atoms with Crippen molar-refractivity contribution in [3.8, 4) is 0 Å². The topological polar surface area (TPSA) is 44.3 Å². The molecular weight excluding hydrogens is 308 g/mol. The number of nitrogens with one attached hydrogen (secondary N) is 2. The SMILES string of the molecule is CNCc1ccc(CC(C)NCC(O)c2cccc(Cl)c2)cc1. The van der Waals surface area contributed by atoms with Crippen LogP contribution < -0.4 is 10.6 Å². The molecule has 0 bridgehead atoms. The summed E-state index contributed by atoms with van der Waals surface area (Å²) in [7, 11) is 1.95. The molecule has 0 aliphatic rings. The van der Waals surface area contributed by atoms with Gasteiger partial charge in [0.05, 0.1) is 6.10 Å². The molecule has 4 heteroatoms. The molecule has 0 heterocycles. The van der Waals surface area contributed by atoms with Gasteiger partial charge < -0.3 is 15.7 Å². The third kappa shape index (κ3) is 5.96. The average Bonchev–Trinajstić information content (AvgIpc) is 2.55. The van der Waals surface area contributed by atoms with Gasteiger partial charge in [0, 0.05) is 24.2 Å². The first-order valence-electron chi connectivity index (χ1n) is 7.98. The minimum absolute atomic E-state index is 0.291. The summed E-state index contributed by atoms with van der Waals surface area (Å²) in [6, 6.07) is 16.3. The average molecular weight is 333 g/mol. The van der Waals surface area contributed by atoms with Gasteiger partial charge in [-0.15, -0.1) is 0 Å². The molecule has 0 fully saturated rings. The van der Waals surface area contributed by atoms with E-state index in [-0.39, 0.29) is 0 Å². The number of rotatable bonds is 8. The molecule has 0 saturated carbocycles. The summed E-state index contributed by atoms with van der Waals surface area (Å²) in [6.45, 7) is 3.53. The number of hydrogen-bond donors (Lipinski definition) is 3. The van der Waals surface area contributed by atoms with E-state index in [1.807, 2.05) is 25.2 Å². The van der Waals surface area contributed by atoms with E-state index in [9.17, 15) is 5.11 Å². The quantitative estimate of drug-likeness (QED) is 0.695. The largest absolute Gasteiger partial charge is 0.387 e. The second-order valence-electron chi connectivity index (χ2n) is 5.93. The lowest BCUT2D eigenvalue weighted by Crippen LogP contribution is -2.32. The molecule has 0 aliphatic heterocycles. The lowest BCUT2D eigenvalue weighted by Gasteiger charge is -2.18. The van der Waals surface area contributed by atoms with E-state index >= 15 is 0 Å². The maximum Gasteiger partial charge on any atom is 0.0914 e. The fraction of sp³-hybridized carbons (Fsp3) is 0.368. The molecule has 0 amide bonds. The van der Waals surface area contributed by atoms with E-state index < -0.39 is 6.10 Å². The molecule has 2 rings (SSSR count). The third-order valence-electron chi connectivity index (χ3n) is 3.84. The fourth-order valence-corrected chi connectivity index (χ4v) is 2.77. The van der Waals surface area contributed by atoms with Gasteiger partial charge in [0.15, 0.2) is 0 Å². The van der Waals surface area contributed by atoms with Gasteiger partial charge in [-0.2, -0.15) is 0 Å². The maximum atomic E-state index is 10.2. The van der Waals surface area contributed by atoms with Crippen LogP contribution in [0.1, 0.15) is 29.7 Å². The van der Waals surface area contributed by atoms with Crippen molar-refractivity contribution < 1.29 is 5.11 Å². The molecule has 23 heavy (non-hydrogen) atoms. The van der Waals surface area contributed by atoms with Gasteiger partial charge in [0.1, 0.15) is 0 Å². The van der Waals surface area contributed by atoms with Crippen molar-refractivity contribution in [2.24, 2.45) is 0 Å². The molecule has 0 aromatic heterocycles. The number of hydrogen-bond acceptors (Lipinski definition) is 3. The van der Waals surface area contributed by atoms with Gasteiger partial charge in [-0.3, -0.25) is 0 Å². The Morgan fingerprint density at radius 3 is 2.43 bits per heavy atom. The summed E-state index contributed by atoms with van der Waals surface area (Å²) < 4.78 is 0. The van der Waals surface area contributed by atoms with E-state index in [2.05, 4.69) is 41.8 Å². The van der Waals surface area contributed by atoms with Crippen LogP contribution in [0.2, 0.25) is 5.02 Å². The van der Waals surface area contributed by atoms with Crippen molar-refractivity contribution >= 4 is 11.6 Å². The van der Waals surface area contributed by atoms with E-state index in [1.54, 1.807) is 6.07 Å². The number of benzene rings is 2. The molecule has 3 N–H and O–H groups in total. The Kier molecular flexibility index (Phi) is 7.06. The van der Waals surface area contributed by atoms with Crippen LogP contribution in [-0.2, 0) is 13.0 Å². The third-order valence-corrected chi connectivity index (χ3v) is 4.07. The number of halogens is 1. The zero-order valence-electron chi connectivity index (χ0n) is 13.7. The van der Waals surface area contributed by atoms with E-state index in [1.165, 1.54) is 11.1 Å². The molecule has 2 unspecified atom stereocenters. The Hall–Kier alpha value is -1.39. The Labute approximate surface area is 143 Å². The smallest absolute Gasteiger partial charge is 0.0914 e. The zero-order valence-corrected chi connectivity index (χ0v) is 14.5. The first kappa shape index (κ1) is 18.0. The molecule has 0 aliphatic carbocycles. The molecule has 3 nitrogen and oxygen atoms in total. The predicted octanol–water partition coefficient (Wildman–Crippen LogP) is 3.31. The summed E-state index contributed by atoms with van der Waals surface area (Å²) in [5.74, 6) is 0. The van der Waals surface area contributed by atoms with Gasteiger partial charge in [-0.05, 0) is 49.2 Å². The number of aliphatic hydroxyl groups excluding tert-OH is 1. The van der Waals surface area contributed by atoms with Crippen molar-refractivity contribution in [1.82, 2.24) is 10.6 Å². The number of aliphatic hydroxyl groups is 1. The lowest BCUT2D eigenvalue weighted by molar-refractivity contribution is 0.170. The summed E-state index contributed by atoms with van der Waals surface area (Å²) in [5, 5.41) is 17.4. The van der Waals surface area contributed by atoms with Gasteiger partial charge in [0.25, 0.3) is 0 Å². The van der Waals surface area contributed by atoms with Gasteiger partial charge in [-0.25, -0.2) is 0 Å². The Bertz CT molecular complexity index is 601. The highest BCUT2D eigenvalue weighted by atomic mass is 35.5. The molecule has 2 aromatic carbocycles. The summed E-state index contributed by atoms with van der Waals surface area (Å²) in [6.07, 6.45) is 0.386. The van der Waals surface area contributed by atoms with Crippen LogP contribution in [0.5, 0.6) is 0 Å². The Balaban J connectivity index is 1.81. The van der Waals surface area contributed by atoms with Crippen molar-refractivity contribution in [3.63, 3.8) is 0 Å².